The molecule has 0 aliphatic heterocycles. The van der Waals surface area contributed by atoms with Crippen LogP contribution in [0.1, 0.15) is 38.7 Å². The molecular weight excluding hydrogens is 234 g/mol. The van der Waals surface area contributed by atoms with Gasteiger partial charge in [0.05, 0.1) is 0 Å². The summed E-state index contributed by atoms with van der Waals surface area (Å²) in [4.78, 5) is 0. The number of nitrogens with one attached hydrogen (secondary N) is 1. The summed E-state index contributed by atoms with van der Waals surface area (Å²) in [7, 11) is 0. The minimum Gasteiger partial charge on any atom is -0.508 e. The van der Waals surface area contributed by atoms with Gasteiger partial charge in [-0.25, -0.2) is 0 Å². The van der Waals surface area contributed by atoms with E-state index in [1.54, 1.807) is 0 Å². The third kappa shape index (κ3) is 2.94. The predicted molar refractivity (Wildman–Crippen MR) is 78.2 cm³/mol. The van der Waals surface area contributed by atoms with Crippen LogP contribution in [0.15, 0.2) is 24.3 Å². The lowest BCUT2D eigenvalue weighted by molar-refractivity contribution is 0.241. The molecule has 1 aromatic carbocycles. The molecular formula is C17H25NO. The van der Waals surface area contributed by atoms with Crippen molar-refractivity contribution < 1.29 is 5.11 Å². The molecule has 2 aliphatic rings. The van der Waals surface area contributed by atoms with Crippen LogP contribution in [0.25, 0.3) is 0 Å². The molecule has 2 heteroatoms. The Morgan fingerprint density at radius 3 is 2.42 bits per heavy atom. The maximum atomic E-state index is 9.39. The summed E-state index contributed by atoms with van der Waals surface area (Å²) in [6.45, 7) is 5.59. The first-order valence-electron chi connectivity index (χ1n) is 7.58. The van der Waals surface area contributed by atoms with E-state index < -0.39 is 0 Å². The molecule has 3 rings (SSSR count). The Hall–Kier alpha value is -1.02. The highest BCUT2D eigenvalue weighted by molar-refractivity contribution is 5.27. The van der Waals surface area contributed by atoms with Gasteiger partial charge in [0.2, 0.25) is 0 Å². The maximum absolute atomic E-state index is 9.39. The van der Waals surface area contributed by atoms with Crippen molar-refractivity contribution in [1.82, 2.24) is 5.32 Å². The third-order valence-electron chi connectivity index (χ3n) is 4.86. The number of phenols is 1. The fourth-order valence-electron chi connectivity index (χ4n) is 3.82. The first kappa shape index (κ1) is 13.0. The number of aromatic hydroxyl groups is 1. The molecule has 2 fully saturated rings. The topological polar surface area (TPSA) is 32.3 Å². The molecule has 19 heavy (non-hydrogen) atoms. The van der Waals surface area contributed by atoms with Crippen molar-refractivity contribution in [3.63, 3.8) is 0 Å². The molecule has 0 spiro atoms. The normalized spacial score (nSPS) is 32.6. The molecule has 1 aromatic rings. The molecule has 0 amide bonds. The van der Waals surface area contributed by atoms with Crippen LogP contribution in [0.5, 0.6) is 5.75 Å². The second kappa shape index (κ2) is 4.82. The first-order chi connectivity index (χ1) is 9.06. The van der Waals surface area contributed by atoms with E-state index in [4.69, 9.17) is 0 Å². The molecule has 104 valence electrons. The van der Waals surface area contributed by atoms with Crippen molar-refractivity contribution in [2.45, 2.75) is 45.6 Å². The summed E-state index contributed by atoms with van der Waals surface area (Å²) >= 11 is 0. The summed E-state index contributed by atoms with van der Waals surface area (Å²) in [6.07, 6.45) is 5.40. The molecule has 0 saturated heterocycles. The van der Waals surface area contributed by atoms with E-state index in [0.29, 0.717) is 17.2 Å². The van der Waals surface area contributed by atoms with E-state index in [-0.39, 0.29) is 0 Å². The largest absolute Gasteiger partial charge is 0.508 e. The van der Waals surface area contributed by atoms with Crippen molar-refractivity contribution in [3.8, 4) is 5.75 Å². The lowest BCUT2D eigenvalue weighted by Crippen LogP contribution is -2.38. The van der Waals surface area contributed by atoms with Gasteiger partial charge < -0.3 is 10.4 Å². The highest BCUT2D eigenvalue weighted by Gasteiger charge is 2.53. The summed E-state index contributed by atoms with van der Waals surface area (Å²) in [5, 5.41) is 13.0. The van der Waals surface area contributed by atoms with Gasteiger partial charge in [-0.2, -0.15) is 0 Å². The van der Waals surface area contributed by atoms with Gasteiger partial charge in [0, 0.05) is 12.6 Å². The number of hydrogen-bond acceptors (Lipinski definition) is 2. The molecule has 0 heterocycles. The Balaban J connectivity index is 1.70. The minimum atomic E-state index is 0.368. The molecule has 0 aromatic heterocycles. The van der Waals surface area contributed by atoms with Gasteiger partial charge in [0.25, 0.3) is 0 Å². The van der Waals surface area contributed by atoms with Gasteiger partial charge in [0.15, 0.2) is 0 Å². The number of fused-ring (bicyclic) bond motifs is 1. The van der Waals surface area contributed by atoms with Crippen molar-refractivity contribution in [2.75, 3.05) is 6.54 Å². The molecule has 2 aliphatic carbocycles. The third-order valence-corrected chi connectivity index (χ3v) is 4.86. The van der Waals surface area contributed by atoms with Crippen molar-refractivity contribution in [1.29, 1.82) is 0 Å². The van der Waals surface area contributed by atoms with E-state index in [9.17, 15) is 5.11 Å². The molecule has 0 bridgehead atoms. The van der Waals surface area contributed by atoms with Crippen molar-refractivity contribution in [3.05, 3.63) is 29.8 Å². The Kier molecular flexibility index (Phi) is 3.30. The maximum Gasteiger partial charge on any atom is 0.115 e. The van der Waals surface area contributed by atoms with Gasteiger partial charge in [-0.3, -0.25) is 0 Å². The van der Waals surface area contributed by atoms with Crippen molar-refractivity contribution >= 4 is 0 Å². The fourth-order valence-corrected chi connectivity index (χ4v) is 3.82. The zero-order valence-electron chi connectivity index (χ0n) is 12.0. The molecule has 2 N–H and O–H groups in total. The number of phenolic OH excluding ortho intramolecular Hbond substituents is 1. The van der Waals surface area contributed by atoms with Gasteiger partial charge in [-0.15, -0.1) is 0 Å². The number of rotatable bonds is 5. The SMILES string of the molecule is CC(C)NCC1(Cc2ccc(O)cc2)CC2CC2C1. The Labute approximate surface area is 116 Å². The smallest absolute Gasteiger partial charge is 0.115 e. The van der Waals surface area contributed by atoms with Crippen LogP contribution < -0.4 is 5.32 Å². The Morgan fingerprint density at radius 1 is 1.21 bits per heavy atom. The summed E-state index contributed by atoms with van der Waals surface area (Å²) < 4.78 is 0. The van der Waals surface area contributed by atoms with Gasteiger partial charge in [0.1, 0.15) is 5.75 Å². The van der Waals surface area contributed by atoms with Crippen LogP contribution in [-0.2, 0) is 6.42 Å². The quantitative estimate of drug-likeness (QED) is 0.850. The van der Waals surface area contributed by atoms with Crippen molar-refractivity contribution in [2.24, 2.45) is 17.3 Å². The molecule has 2 saturated carbocycles. The van der Waals surface area contributed by atoms with Gasteiger partial charge >= 0.3 is 0 Å². The van der Waals surface area contributed by atoms with E-state index >= 15 is 0 Å². The van der Waals surface area contributed by atoms with E-state index in [0.717, 1.165) is 24.8 Å². The molecule has 2 atom stereocenters. The van der Waals surface area contributed by atoms with E-state index in [2.05, 4.69) is 31.3 Å². The molecule has 2 nitrogen and oxygen atoms in total. The second-order valence-corrected chi connectivity index (χ2v) is 7.04. The van der Waals surface area contributed by atoms with Crippen LogP contribution in [0.4, 0.5) is 0 Å². The average Bonchev–Trinajstić information content (AvgIpc) is 2.99. The van der Waals surface area contributed by atoms with E-state index in [1.165, 1.54) is 24.8 Å². The van der Waals surface area contributed by atoms with E-state index in [1.807, 2.05) is 12.1 Å². The zero-order chi connectivity index (χ0) is 13.5. The first-order valence-corrected chi connectivity index (χ1v) is 7.58. The van der Waals surface area contributed by atoms with Gasteiger partial charge in [-0.1, -0.05) is 26.0 Å². The van der Waals surface area contributed by atoms with Crippen LogP contribution in [-0.4, -0.2) is 17.7 Å². The number of hydrogen-bond donors (Lipinski definition) is 2. The lowest BCUT2D eigenvalue weighted by atomic mass is 9.77. The summed E-state index contributed by atoms with van der Waals surface area (Å²) in [5.74, 6) is 2.38. The van der Waals surface area contributed by atoms with Crippen LogP contribution in [0, 0.1) is 17.3 Å². The minimum absolute atomic E-state index is 0.368. The predicted octanol–water partition coefficient (Wildman–Crippen LogP) is 3.35. The van der Waals surface area contributed by atoms with Crippen LogP contribution in [0.2, 0.25) is 0 Å². The highest BCUT2D eigenvalue weighted by Crippen LogP contribution is 2.60. The highest BCUT2D eigenvalue weighted by atomic mass is 16.3. The lowest BCUT2D eigenvalue weighted by Gasteiger charge is -2.32. The molecule has 0 radical (unpaired) electrons. The number of benzene rings is 1. The zero-order valence-corrected chi connectivity index (χ0v) is 12.0. The Morgan fingerprint density at radius 2 is 1.84 bits per heavy atom. The standard InChI is InChI=1S/C17H25NO/c1-12(2)18-11-17(9-14-7-15(14)10-17)8-13-3-5-16(19)6-4-13/h3-6,12,14-15,18-19H,7-11H2,1-2H3. The van der Waals surface area contributed by atoms with Crippen LogP contribution in [0.3, 0.4) is 0 Å². The molecule has 2 unspecified atom stereocenters. The monoisotopic (exact) mass is 259 g/mol. The average molecular weight is 259 g/mol. The van der Waals surface area contributed by atoms with Crippen LogP contribution >= 0.6 is 0 Å². The summed E-state index contributed by atoms with van der Waals surface area (Å²) in [5.41, 5.74) is 1.82. The Bertz CT molecular complexity index is 427. The fraction of sp³-hybridized carbons (Fsp3) is 0.647. The summed E-state index contributed by atoms with van der Waals surface area (Å²) in [6, 6.07) is 8.35. The van der Waals surface area contributed by atoms with Gasteiger partial charge in [-0.05, 0) is 60.6 Å². The second-order valence-electron chi connectivity index (χ2n) is 7.04.